The van der Waals surface area contributed by atoms with Crippen molar-refractivity contribution >= 4 is 28.1 Å². The van der Waals surface area contributed by atoms with Gasteiger partial charge < -0.3 is 0 Å². The van der Waals surface area contributed by atoms with Crippen molar-refractivity contribution in [1.82, 2.24) is 9.55 Å². The Morgan fingerprint density at radius 3 is 2.76 bits per heavy atom. The fraction of sp³-hybridized carbons (Fsp3) is 0.182. The van der Waals surface area contributed by atoms with Crippen molar-refractivity contribution in [2.45, 2.75) is 20.3 Å². The van der Waals surface area contributed by atoms with Crippen molar-refractivity contribution in [3.05, 3.63) is 65.5 Å². The van der Waals surface area contributed by atoms with E-state index in [0.717, 1.165) is 17.8 Å². The molecule has 0 radical (unpaired) electrons. The number of hydrogen-bond acceptors (Lipinski definition) is 1. The lowest BCUT2D eigenvalue weighted by molar-refractivity contribution is -0.632. The molecule has 0 saturated carbocycles. The van der Waals surface area contributed by atoms with Crippen LogP contribution in [0.3, 0.4) is 0 Å². The average molecular weight is 326 g/mol. The van der Waals surface area contributed by atoms with Gasteiger partial charge in [-0.3, -0.25) is 4.57 Å². The monoisotopic (exact) mass is 326 g/mol. The highest BCUT2D eigenvalue weighted by atomic mass is 15.1. The number of fused-ring (bicyclic) bond motifs is 5. The van der Waals surface area contributed by atoms with E-state index in [0.29, 0.717) is 0 Å². The van der Waals surface area contributed by atoms with E-state index in [2.05, 4.69) is 84.8 Å². The molecule has 5 rings (SSSR count). The molecule has 2 aromatic carbocycles. The summed E-state index contributed by atoms with van der Waals surface area (Å²) < 4.78 is 4.58. The Morgan fingerprint density at radius 1 is 1.08 bits per heavy atom. The maximum Gasteiger partial charge on any atom is 0.239 e. The van der Waals surface area contributed by atoms with Gasteiger partial charge in [-0.25, -0.2) is 4.98 Å². The smallest absolute Gasteiger partial charge is 0.239 e. The molecule has 25 heavy (non-hydrogen) atoms. The van der Waals surface area contributed by atoms with Gasteiger partial charge in [0.15, 0.2) is 0 Å². The van der Waals surface area contributed by atoms with E-state index in [9.17, 15) is 0 Å². The van der Waals surface area contributed by atoms with E-state index < -0.39 is 0 Å². The van der Waals surface area contributed by atoms with Crippen LogP contribution < -0.4 is 4.57 Å². The van der Waals surface area contributed by atoms with Gasteiger partial charge in [0.1, 0.15) is 23.9 Å². The molecule has 3 nitrogen and oxygen atoms in total. The lowest BCUT2D eigenvalue weighted by Gasteiger charge is -2.10. The molecule has 0 unspecified atom stereocenters. The molecule has 0 aliphatic carbocycles. The van der Waals surface area contributed by atoms with Crippen LogP contribution in [0.5, 0.6) is 0 Å². The maximum atomic E-state index is 4.98. The SMILES string of the molecule is Cc1ccc(-c2c3c(nc4n3C=CC4)c3ccccc3[n+]2C)c(C)c1. The second kappa shape index (κ2) is 5.03. The number of pyridine rings is 1. The van der Waals surface area contributed by atoms with Crippen LogP contribution in [0, 0.1) is 13.8 Å². The fourth-order valence-corrected chi connectivity index (χ4v) is 4.09. The van der Waals surface area contributed by atoms with Gasteiger partial charge >= 0.3 is 0 Å². The van der Waals surface area contributed by atoms with Gasteiger partial charge in [0, 0.05) is 18.7 Å². The average Bonchev–Trinajstić information content (AvgIpc) is 3.18. The predicted octanol–water partition coefficient (Wildman–Crippen LogP) is 4.32. The molecule has 0 atom stereocenters. The standard InChI is InChI=1S/C22H20N3/c1-14-10-11-16(15(2)13-14)21-22-20(23-19-9-6-12-25(19)22)17-7-4-5-8-18(17)24(21)3/h4-8,10-13H,9H2,1-3H3/q+1. The van der Waals surface area contributed by atoms with Crippen LogP contribution in [0.4, 0.5) is 0 Å². The molecule has 4 aromatic rings. The highest BCUT2D eigenvalue weighted by Gasteiger charge is 2.27. The number of benzene rings is 2. The van der Waals surface area contributed by atoms with Crippen LogP contribution in [0.1, 0.15) is 17.0 Å². The molecule has 122 valence electrons. The lowest BCUT2D eigenvalue weighted by Crippen LogP contribution is -2.33. The first-order valence-electron chi connectivity index (χ1n) is 8.71. The van der Waals surface area contributed by atoms with E-state index >= 15 is 0 Å². The van der Waals surface area contributed by atoms with Crippen molar-refractivity contribution in [3.8, 4) is 11.3 Å². The normalized spacial score (nSPS) is 13.1. The van der Waals surface area contributed by atoms with Crippen molar-refractivity contribution in [2.24, 2.45) is 7.05 Å². The van der Waals surface area contributed by atoms with E-state index in [-0.39, 0.29) is 0 Å². The summed E-state index contributed by atoms with van der Waals surface area (Å²) in [5.74, 6) is 1.12. The zero-order valence-corrected chi connectivity index (χ0v) is 14.7. The van der Waals surface area contributed by atoms with Gasteiger partial charge in [0.2, 0.25) is 11.2 Å². The molecule has 1 aliphatic heterocycles. The molecule has 3 heterocycles. The molecular weight excluding hydrogens is 306 g/mol. The summed E-state index contributed by atoms with van der Waals surface area (Å²) in [4.78, 5) is 4.98. The van der Waals surface area contributed by atoms with Crippen LogP contribution >= 0.6 is 0 Å². The fourth-order valence-electron chi connectivity index (χ4n) is 4.09. The van der Waals surface area contributed by atoms with Crippen molar-refractivity contribution in [3.63, 3.8) is 0 Å². The van der Waals surface area contributed by atoms with Crippen molar-refractivity contribution < 1.29 is 4.57 Å². The molecule has 0 saturated heterocycles. The third-order valence-corrected chi connectivity index (χ3v) is 5.26. The number of para-hydroxylation sites is 1. The Kier molecular flexibility index (Phi) is 2.90. The largest absolute Gasteiger partial charge is 0.298 e. The van der Waals surface area contributed by atoms with Crippen LogP contribution in [0.2, 0.25) is 0 Å². The van der Waals surface area contributed by atoms with Crippen molar-refractivity contribution in [1.29, 1.82) is 0 Å². The van der Waals surface area contributed by atoms with Crippen LogP contribution in [0.15, 0.2) is 48.5 Å². The minimum Gasteiger partial charge on any atom is -0.298 e. The third-order valence-electron chi connectivity index (χ3n) is 5.26. The summed E-state index contributed by atoms with van der Waals surface area (Å²) in [6, 6.07) is 15.3. The molecule has 0 N–H and O–H groups in total. The number of rotatable bonds is 1. The Hall–Kier alpha value is -2.94. The van der Waals surface area contributed by atoms with Gasteiger partial charge in [-0.2, -0.15) is 4.57 Å². The maximum absolute atomic E-state index is 4.98. The third kappa shape index (κ3) is 1.92. The van der Waals surface area contributed by atoms with Crippen LogP contribution in [0.25, 0.3) is 39.4 Å². The summed E-state index contributed by atoms with van der Waals surface area (Å²) in [5, 5.41) is 1.21. The molecule has 1 aliphatic rings. The van der Waals surface area contributed by atoms with Gasteiger partial charge in [-0.1, -0.05) is 35.9 Å². The number of nitrogens with zero attached hydrogens (tertiary/aromatic N) is 3. The van der Waals surface area contributed by atoms with Gasteiger partial charge in [0.05, 0.1) is 10.9 Å². The second-order valence-corrected chi connectivity index (χ2v) is 6.93. The molecule has 0 spiro atoms. The zero-order chi connectivity index (χ0) is 17.1. The Labute approximate surface area is 146 Å². The molecular formula is C22H20N3+. The highest BCUT2D eigenvalue weighted by molar-refractivity contribution is 6.06. The molecule has 2 aromatic heterocycles. The minimum absolute atomic E-state index is 0.902. The topological polar surface area (TPSA) is 21.7 Å². The second-order valence-electron chi connectivity index (χ2n) is 6.93. The number of hydrogen-bond donors (Lipinski definition) is 0. The van der Waals surface area contributed by atoms with E-state index in [1.54, 1.807) is 0 Å². The molecule has 3 heteroatoms. The first kappa shape index (κ1) is 14.4. The Bertz CT molecular complexity index is 1200. The summed E-state index contributed by atoms with van der Waals surface area (Å²) in [6.07, 6.45) is 5.24. The first-order valence-corrected chi connectivity index (χ1v) is 8.71. The number of aryl methyl sites for hydroxylation is 3. The van der Waals surface area contributed by atoms with Crippen LogP contribution in [-0.4, -0.2) is 9.55 Å². The number of aromatic nitrogens is 3. The van der Waals surface area contributed by atoms with E-state index in [4.69, 9.17) is 4.98 Å². The van der Waals surface area contributed by atoms with Crippen LogP contribution in [-0.2, 0) is 13.5 Å². The molecule has 0 fully saturated rings. The van der Waals surface area contributed by atoms with Gasteiger partial charge in [-0.05, 0) is 31.5 Å². The Morgan fingerprint density at radius 2 is 1.92 bits per heavy atom. The quantitative estimate of drug-likeness (QED) is 0.477. The molecule has 0 amide bonds. The number of imidazole rings is 1. The number of allylic oxidation sites excluding steroid dienone is 1. The Balaban J connectivity index is 2.03. The summed E-state index contributed by atoms with van der Waals surface area (Å²) in [7, 11) is 2.16. The summed E-state index contributed by atoms with van der Waals surface area (Å²) in [6.45, 7) is 4.34. The predicted molar refractivity (Wildman–Crippen MR) is 102 cm³/mol. The van der Waals surface area contributed by atoms with Gasteiger partial charge in [0.25, 0.3) is 0 Å². The highest BCUT2D eigenvalue weighted by Crippen LogP contribution is 2.34. The zero-order valence-electron chi connectivity index (χ0n) is 14.7. The van der Waals surface area contributed by atoms with Gasteiger partial charge in [-0.15, -0.1) is 0 Å². The minimum atomic E-state index is 0.902. The lowest BCUT2D eigenvalue weighted by atomic mass is 10.00. The van der Waals surface area contributed by atoms with E-state index in [1.165, 1.54) is 38.8 Å². The summed E-state index contributed by atoms with van der Waals surface area (Å²) >= 11 is 0. The summed E-state index contributed by atoms with van der Waals surface area (Å²) in [5.41, 5.74) is 8.61. The van der Waals surface area contributed by atoms with Crippen molar-refractivity contribution in [2.75, 3.05) is 0 Å². The first-order chi connectivity index (χ1) is 12.1. The molecule has 0 bridgehead atoms. The van der Waals surface area contributed by atoms with E-state index in [1.807, 2.05) is 0 Å².